The van der Waals surface area contributed by atoms with E-state index in [1.54, 1.807) is 7.05 Å². The fraction of sp³-hybridized carbons (Fsp3) is 0.938. The Morgan fingerprint density at radius 1 is 1.17 bits per heavy atom. The van der Waals surface area contributed by atoms with E-state index >= 15 is 0 Å². The first kappa shape index (κ1) is 17.9. The minimum Gasteiger partial charge on any atom is -0.379 e. The second kappa shape index (κ2) is 8.01. The van der Waals surface area contributed by atoms with Gasteiger partial charge in [0, 0.05) is 39.8 Å². The van der Waals surface area contributed by atoms with Crippen LogP contribution in [0.15, 0.2) is 4.99 Å². The number of morpholine rings is 1. The van der Waals surface area contributed by atoms with Gasteiger partial charge in [0.15, 0.2) is 5.96 Å². The van der Waals surface area contributed by atoms with Crippen molar-refractivity contribution in [3.8, 4) is 0 Å². The third kappa shape index (κ3) is 4.21. The maximum absolute atomic E-state index is 12.4. The van der Waals surface area contributed by atoms with E-state index in [4.69, 9.17) is 4.74 Å². The van der Waals surface area contributed by atoms with Crippen LogP contribution in [0.2, 0.25) is 0 Å². The highest BCUT2D eigenvalue weighted by Gasteiger charge is 2.35. The third-order valence-electron chi connectivity index (χ3n) is 5.49. The molecular formula is C16H30N4O3S. The number of likely N-dealkylation sites (tertiary alicyclic amines) is 1. The average Bonchev–Trinajstić information content (AvgIpc) is 3.03. The van der Waals surface area contributed by atoms with Crippen LogP contribution in [0.25, 0.3) is 0 Å². The number of rotatable bonds is 4. The zero-order valence-corrected chi connectivity index (χ0v) is 15.4. The molecule has 0 spiro atoms. The number of hydrogen-bond donors (Lipinski definition) is 1. The largest absolute Gasteiger partial charge is 0.379 e. The number of fused-ring (bicyclic) bond motifs is 1. The molecular weight excluding hydrogens is 328 g/mol. The fourth-order valence-corrected chi connectivity index (χ4v) is 5.48. The number of nitrogens with zero attached hydrogens (tertiary/aromatic N) is 3. The monoisotopic (exact) mass is 358 g/mol. The fourth-order valence-electron chi connectivity index (χ4n) is 4.16. The summed E-state index contributed by atoms with van der Waals surface area (Å²) >= 11 is 0. The summed E-state index contributed by atoms with van der Waals surface area (Å²) in [6.07, 6.45) is 5.34. The van der Waals surface area contributed by atoms with Crippen molar-refractivity contribution in [3.05, 3.63) is 0 Å². The molecule has 2 aliphatic heterocycles. The maximum atomic E-state index is 12.4. The Hall–Kier alpha value is -0.860. The maximum Gasteiger partial charge on any atom is 0.215 e. The molecule has 3 aliphatic rings. The van der Waals surface area contributed by atoms with E-state index in [0.717, 1.165) is 30.9 Å². The molecule has 2 atom stereocenters. The van der Waals surface area contributed by atoms with Crippen molar-refractivity contribution in [1.29, 1.82) is 0 Å². The van der Waals surface area contributed by atoms with Gasteiger partial charge in [-0.2, -0.15) is 4.31 Å². The Morgan fingerprint density at radius 3 is 2.38 bits per heavy atom. The lowest BCUT2D eigenvalue weighted by Gasteiger charge is -2.26. The molecule has 138 valence electrons. The van der Waals surface area contributed by atoms with Gasteiger partial charge in [-0.15, -0.1) is 0 Å². The van der Waals surface area contributed by atoms with Crippen LogP contribution < -0.4 is 5.32 Å². The van der Waals surface area contributed by atoms with E-state index in [1.165, 1.54) is 30.0 Å². The Bertz CT molecular complexity index is 532. The molecule has 2 unspecified atom stereocenters. The van der Waals surface area contributed by atoms with E-state index in [2.05, 4.69) is 15.2 Å². The summed E-state index contributed by atoms with van der Waals surface area (Å²) in [5.74, 6) is 2.53. The standard InChI is InChI=1S/C16H30N4O3S/c1-17-16(19-12-14-4-2-3-5-15(14)13-19)18-6-11-24(21,22)20-7-9-23-10-8-20/h14-15H,2-13H2,1H3,(H,17,18). The number of hydrogen-bond acceptors (Lipinski definition) is 4. The third-order valence-corrected chi connectivity index (χ3v) is 7.37. The summed E-state index contributed by atoms with van der Waals surface area (Å²) in [7, 11) is -1.44. The zero-order valence-electron chi connectivity index (χ0n) is 14.6. The Balaban J connectivity index is 1.48. The lowest BCUT2D eigenvalue weighted by Crippen LogP contribution is -2.46. The lowest BCUT2D eigenvalue weighted by atomic mass is 9.82. The second-order valence-corrected chi connectivity index (χ2v) is 9.10. The summed E-state index contributed by atoms with van der Waals surface area (Å²) in [5, 5.41) is 3.26. The first-order chi connectivity index (χ1) is 11.6. The van der Waals surface area contributed by atoms with E-state index in [1.807, 2.05) is 0 Å². The molecule has 0 bridgehead atoms. The van der Waals surface area contributed by atoms with Crippen molar-refractivity contribution in [2.75, 3.05) is 58.7 Å². The van der Waals surface area contributed by atoms with Crippen LogP contribution in [0, 0.1) is 11.8 Å². The predicted octanol–water partition coefficient (Wildman–Crippen LogP) is 0.346. The predicted molar refractivity (Wildman–Crippen MR) is 94.6 cm³/mol. The molecule has 0 radical (unpaired) electrons. The van der Waals surface area contributed by atoms with E-state index in [9.17, 15) is 8.42 Å². The van der Waals surface area contributed by atoms with Crippen molar-refractivity contribution >= 4 is 16.0 Å². The smallest absolute Gasteiger partial charge is 0.215 e. The number of aliphatic imine (C=N–C) groups is 1. The van der Waals surface area contributed by atoms with Crippen LogP contribution >= 0.6 is 0 Å². The molecule has 7 nitrogen and oxygen atoms in total. The van der Waals surface area contributed by atoms with Gasteiger partial charge in [0.05, 0.1) is 19.0 Å². The summed E-state index contributed by atoms with van der Waals surface area (Å²) in [6.45, 7) is 4.42. The molecule has 24 heavy (non-hydrogen) atoms. The first-order valence-corrected chi connectivity index (χ1v) is 10.7. The van der Waals surface area contributed by atoms with Crippen LogP contribution in [0.5, 0.6) is 0 Å². The van der Waals surface area contributed by atoms with Gasteiger partial charge in [-0.25, -0.2) is 8.42 Å². The Kier molecular flexibility index (Phi) is 5.99. The minimum absolute atomic E-state index is 0.104. The van der Waals surface area contributed by atoms with Gasteiger partial charge in [0.2, 0.25) is 10.0 Å². The zero-order chi connectivity index (χ0) is 17.0. The molecule has 3 rings (SSSR count). The van der Waals surface area contributed by atoms with Crippen LogP contribution in [0.3, 0.4) is 0 Å². The second-order valence-electron chi connectivity index (χ2n) is 7.01. The van der Waals surface area contributed by atoms with Gasteiger partial charge in [-0.3, -0.25) is 4.99 Å². The molecule has 0 aromatic rings. The number of nitrogens with one attached hydrogen (secondary N) is 1. The molecule has 3 fully saturated rings. The van der Waals surface area contributed by atoms with Crippen molar-refractivity contribution in [3.63, 3.8) is 0 Å². The highest BCUT2D eigenvalue weighted by Crippen LogP contribution is 2.35. The van der Waals surface area contributed by atoms with E-state index < -0.39 is 10.0 Å². The highest BCUT2D eigenvalue weighted by atomic mass is 32.2. The summed E-state index contributed by atoms with van der Waals surface area (Å²) in [4.78, 5) is 6.67. The van der Waals surface area contributed by atoms with Crippen molar-refractivity contribution in [2.45, 2.75) is 25.7 Å². The molecule has 1 aliphatic carbocycles. The molecule has 0 aromatic carbocycles. The summed E-state index contributed by atoms with van der Waals surface area (Å²) in [6, 6.07) is 0. The first-order valence-electron chi connectivity index (χ1n) is 9.11. The molecule has 0 amide bonds. The topological polar surface area (TPSA) is 74.2 Å². The van der Waals surface area contributed by atoms with Gasteiger partial charge in [0.1, 0.15) is 0 Å². The van der Waals surface area contributed by atoms with Crippen LogP contribution in [-0.4, -0.2) is 82.3 Å². The number of ether oxygens (including phenoxy) is 1. The van der Waals surface area contributed by atoms with Crippen molar-refractivity contribution < 1.29 is 13.2 Å². The SMILES string of the molecule is CN=C(NCCS(=O)(=O)N1CCOCC1)N1CC2CCCCC2C1. The lowest BCUT2D eigenvalue weighted by molar-refractivity contribution is 0.0730. The molecule has 8 heteroatoms. The van der Waals surface area contributed by atoms with Gasteiger partial charge in [-0.1, -0.05) is 12.8 Å². The van der Waals surface area contributed by atoms with Crippen molar-refractivity contribution in [1.82, 2.24) is 14.5 Å². The molecule has 1 saturated carbocycles. The molecule has 2 heterocycles. The summed E-state index contributed by atoms with van der Waals surface area (Å²) in [5.41, 5.74) is 0. The molecule has 2 saturated heterocycles. The highest BCUT2D eigenvalue weighted by molar-refractivity contribution is 7.89. The summed E-state index contributed by atoms with van der Waals surface area (Å²) < 4.78 is 31.5. The number of sulfonamides is 1. The van der Waals surface area contributed by atoms with Crippen LogP contribution in [0.1, 0.15) is 25.7 Å². The Morgan fingerprint density at radius 2 is 1.79 bits per heavy atom. The van der Waals surface area contributed by atoms with Gasteiger partial charge in [0.25, 0.3) is 0 Å². The van der Waals surface area contributed by atoms with Crippen LogP contribution in [-0.2, 0) is 14.8 Å². The van der Waals surface area contributed by atoms with E-state index in [-0.39, 0.29) is 5.75 Å². The molecule has 0 aromatic heterocycles. The minimum atomic E-state index is -3.21. The number of guanidine groups is 1. The van der Waals surface area contributed by atoms with Gasteiger partial charge < -0.3 is 15.0 Å². The van der Waals surface area contributed by atoms with E-state index in [0.29, 0.717) is 32.8 Å². The van der Waals surface area contributed by atoms with Crippen molar-refractivity contribution in [2.24, 2.45) is 16.8 Å². The van der Waals surface area contributed by atoms with Gasteiger partial charge >= 0.3 is 0 Å². The normalized spacial score (nSPS) is 29.5. The van der Waals surface area contributed by atoms with Gasteiger partial charge in [-0.05, 0) is 24.7 Å². The average molecular weight is 359 g/mol. The Labute approximate surface area is 145 Å². The molecule has 1 N–H and O–H groups in total. The quantitative estimate of drug-likeness (QED) is 0.580. The van der Waals surface area contributed by atoms with Crippen LogP contribution in [0.4, 0.5) is 0 Å².